The number of para-hydroxylation sites is 1. The molecule has 1 saturated heterocycles. The van der Waals surface area contributed by atoms with Crippen LogP contribution in [0.3, 0.4) is 0 Å². The van der Waals surface area contributed by atoms with E-state index in [0.717, 1.165) is 43.7 Å². The third-order valence-corrected chi connectivity index (χ3v) is 5.00. The summed E-state index contributed by atoms with van der Waals surface area (Å²) in [6.07, 6.45) is 2.82. The number of nitrogens with one attached hydrogen (secondary N) is 2. The van der Waals surface area contributed by atoms with Crippen LogP contribution in [0, 0.1) is 11.3 Å². The van der Waals surface area contributed by atoms with Crippen molar-refractivity contribution in [1.29, 1.82) is 0 Å². The van der Waals surface area contributed by atoms with Crippen molar-refractivity contribution >= 4 is 5.91 Å². The number of hydrogen-bond donors (Lipinski definition) is 2. The second-order valence-corrected chi connectivity index (χ2v) is 6.72. The number of rotatable bonds is 5. The van der Waals surface area contributed by atoms with Crippen molar-refractivity contribution in [1.82, 2.24) is 10.6 Å². The van der Waals surface area contributed by atoms with E-state index in [9.17, 15) is 4.79 Å². The van der Waals surface area contributed by atoms with E-state index in [1.807, 2.05) is 24.3 Å². The Morgan fingerprint density at radius 3 is 2.96 bits per heavy atom. The smallest absolute Gasteiger partial charge is 0.226 e. The molecule has 1 amide bonds. The molecule has 1 fully saturated rings. The number of benzene rings is 1. The van der Waals surface area contributed by atoms with Crippen LogP contribution in [0.25, 0.3) is 0 Å². The first-order valence-corrected chi connectivity index (χ1v) is 8.40. The van der Waals surface area contributed by atoms with Crippen molar-refractivity contribution < 1.29 is 14.3 Å². The molecule has 126 valence electrons. The fourth-order valence-corrected chi connectivity index (χ4v) is 3.55. The first kappa shape index (κ1) is 16.3. The van der Waals surface area contributed by atoms with E-state index >= 15 is 0 Å². The third-order valence-electron chi connectivity index (χ3n) is 5.00. The molecule has 1 aromatic rings. The molecule has 0 saturated carbocycles. The van der Waals surface area contributed by atoms with Crippen LogP contribution in [0.2, 0.25) is 0 Å². The van der Waals surface area contributed by atoms with Gasteiger partial charge in [-0.25, -0.2) is 0 Å². The summed E-state index contributed by atoms with van der Waals surface area (Å²) >= 11 is 0. The van der Waals surface area contributed by atoms with Crippen molar-refractivity contribution in [3.05, 3.63) is 29.8 Å². The minimum absolute atomic E-state index is 0.0586. The highest BCUT2D eigenvalue weighted by Crippen LogP contribution is 2.29. The van der Waals surface area contributed by atoms with Crippen LogP contribution in [0.1, 0.15) is 18.4 Å². The number of hydrogen-bond acceptors (Lipinski definition) is 4. The number of fused-ring (bicyclic) bond motifs is 1. The predicted molar refractivity (Wildman–Crippen MR) is 88.6 cm³/mol. The Labute approximate surface area is 137 Å². The van der Waals surface area contributed by atoms with Gasteiger partial charge < -0.3 is 20.1 Å². The Morgan fingerprint density at radius 2 is 2.17 bits per heavy atom. The van der Waals surface area contributed by atoms with Gasteiger partial charge in [-0.15, -0.1) is 0 Å². The van der Waals surface area contributed by atoms with Crippen LogP contribution in [0.4, 0.5) is 0 Å². The van der Waals surface area contributed by atoms with E-state index in [2.05, 4.69) is 10.6 Å². The van der Waals surface area contributed by atoms with Gasteiger partial charge in [0.25, 0.3) is 0 Å². The Bertz CT molecular complexity index is 535. The number of ether oxygens (including phenoxy) is 2. The summed E-state index contributed by atoms with van der Waals surface area (Å²) in [7, 11) is 1.73. The van der Waals surface area contributed by atoms with Crippen LogP contribution in [0.15, 0.2) is 24.3 Å². The monoisotopic (exact) mass is 318 g/mol. The topological polar surface area (TPSA) is 59.6 Å². The fourth-order valence-electron chi connectivity index (χ4n) is 3.55. The number of methoxy groups -OCH3 is 1. The molecule has 0 radical (unpaired) electrons. The average molecular weight is 318 g/mol. The second-order valence-electron chi connectivity index (χ2n) is 6.72. The Balaban J connectivity index is 1.57. The highest BCUT2D eigenvalue weighted by Gasteiger charge is 2.34. The van der Waals surface area contributed by atoms with Crippen molar-refractivity contribution in [3.8, 4) is 5.75 Å². The zero-order valence-electron chi connectivity index (χ0n) is 13.8. The molecule has 5 nitrogen and oxygen atoms in total. The molecule has 5 heteroatoms. The Kier molecular flexibility index (Phi) is 5.18. The lowest BCUT2D eigenvalue weighted by molar-refractivity contribution is -0.127. The quantitative estimate of drug-likeness (QED) is 0.861. The lowest BCUT2D eigenvalue weighted by Gasteiger charge is -2.37. The van der Waals surface area contributed by atoms with E-state index in [0.29, 0.717) is 19.8 Å². The molecule has 23 heavy (non-hydrogen) atoms. The maximum absolute atomic E-state index is 12.5. The lowest BCUT2D eigenvalue weighted by Crippen LogP contribution is -2.49. The summed E-state index contributed by atoms with van der Waals surface area (Å²) < 4.78 is 11.1. The number of piperidine rings is 1. The molecule has 0 aromatic heterocycles. The van der Waals surface area contributed by atoms with Crippen LogP contribution < -0.4 is 15.4 Å². The largest absolute Gasteiger partial charge is 0.492 e. The number of carbonyl (C=O) groups excluding carboxylic acids is 1. The number of carbonyl (C=O) groups is 1. The molecule has 0 bridgehead atoms. The second kappa shape index (κ2) is 7.32. The lowest BCUT2D eigenvalue weighted by atomic mass is 9.79. The summed E-state index contributed by atoms with van der Waals surface area (Å²) in [5.74, 6) is 0.894. The molecule has 2 aliphatic heterocycles. The van der Waals surface area contributed by atoms with Crippen molar-refractivity contribution in [2.45, 2.75) is 19.3 Å². The fraction of sp³-hybridized carbons (Fsp3) is 0.611. The summed E-state index contributed by atoms with van der Waals surface area (Å²) in [6.45, 7) is 3.80. The van der Waals surface area contributed by atoms with Crippen LogP contribution in [-0.4, -0.2) is 45.9 Å². The molecule has 2 heterocycles. The molecular weight excluding hydrogens is 292 g/mol. The zero-order chi connectivity index (χ0) is 16.1. The normalized spacial score (nSPS) is 22.7. The first-order chi connectivity index (χ1) is 11.2. The maximum Gasteiger partial charge on any atom is 0.226 e. The molecule has 2 aliphatic rings. The van der Waals surface area contributed by atoms with Gasteiger partial charge in [-0.3, -0.25) is 4.79 Å². The molecule has 1 unspecified atom stereocenters. The van der Waals surface area contributed by atoms with E-state index in [1.54, 1.807) is 7.11 Å². The van der Waals surface area contributed by atoms with Gasteiger partial charge in [-0.05, 0) is 44.0 Å². The molecule has 1 aromatic carbocycles. The molecule has 0 spiro atoms. The summed E-state index contributed by atoms with van der Waals surface area (Å²) in [6, 6.07) is 7.95. The average Bonchev–Trinajstić information content (AvgIpc) is 2.60. The summed E-state index contributed by atoms with van der Waals surface area (Å²) in [5.41, 5.74) is 1.18. The molecular formula is C18H26N2O3. The molecule has 0 aliphatic carbocycles. The SMILES string of the molecule is COCC1(CNC(=O)C2COc3ccccc3C2)CCNCC1. The highest BCUT2D eigenvalue weighted by molar-refractivity contribution is 5.79. The summed E-state index contributed by atoms with van der Waals surface area (Å²) in [5, 5.41) is 6.52. The van der Waals surface area contributed by atoms with E-state index < -0.39 is 0 Å². The maximum atomic E-state index is 12.5. The standard InChI is InChI=1S/C18H26N2O3/c1-22-13-18(6-8-19-9-7-18)12-20-17(21)15-10-14-4-2-3-5-16(14)23-11-15/h2-5,15,19H,6-13H2,1H3,(H,20,21). The predicted octanol–water partition coefficient (Wildman–Crippen LogP) is 1.37. The van der Waals surface area contributed by atoms with Crippen LogP contribution >= 0.6 is 0 Å². The van der Waals surface area contributed by atoms with Gasteiger partial charge in [0.05, 0.1) is 12.5 Å². The van der Waals surface area contributed by atoms with Gasteiger partial charge in [0.2, 0.25) is 5.91 Å². The first-order valence-electron chi connectivity index (χ1n) is 8.40. The Morgan fingerprint density at radius 1 is 1.39 bits per heavy atom. The van der Waals surface area contributed by atoms with Crippen LogP contribution in [-0.2, 0) is 16.0 Å². The number of amides is 1. The molecule has 1 atom stereocenters. The summed E-state index contributed by atoms with van der Waals surface area (Å²) in [4.78, 5) is 12.5. The van der Waals surface area contributed by atoms with Gasteiger partial charge in [-0.1, -0.05) is 18.2 Å². The highest BCUT2D eigenvalue weighted by atomic mass is 16.5. The van der Waals surface area contributed by atoms with E-state index in [-0.39, 0.29) is 17.2 Å². The van der Waals surface area contributed by atoms with Crippen molar-refractivity contribution in [2.24, 2.45) is 11.3 Å². The van der Waals surface area contributed by atoms with Gasteiger partial charge in [0.15, 0.2) is 0 Å². The van der Waals surface area contributed by atoms with Gasteiger partial charge in [0, 0.05) is 19.1 Å². The van der Waals surface area contributed by atoms with Gasteiger partial charge in [0.1, 0.15) is 12.4 Å². The van der Waals surface area contributed by atoms with Crippen LogP contribution in [0.5, 0.6) is 5.75 Å². The Hall–Kier alpha value is -1.59. The van der Waals surface area contributed by atoms with Crippen molar-refractivity contribution in [3.63, 3.8) is 0 Å². The van der Waals surface area contributed by atoms with Gasteiger partial charge >= 0.3 is 0 Å². The van der Waals surface area contributed by atoms with Gasteiger partial charge in [-0.2, -0.15) is 0 Å². The minimum atomic E-state index is -0.105. The zero-order valence-corrected chi connectivity index (χ0v) is 13.8. The van der Waals surface area contributed by atoms with E-state index in [4.69, 9.17) is 9.47 Å². The third kappa shape index (κ3) is 3.85. The molecule has 2 N–H and O–H groups in total. The van der Waals surface area contributed by atoms with E-state index in [1.165, 1.54) is 0 Å². The molecule has 3 rings (SSSR count). The minimum Gasteiger partial charge on any atom is -0.492 e. The van der Waals surface area contributed by atoms with Crippen molar-refractivity contribution in [2.75, 3.05) is 40.0 Å².